The first-order valence-corrected chi connectivity index (χ1v) is 7.72. The van der Waals surface area contributed by atoms with Gasteiger partial charge in [0.2, 0.25) is 0 Å². The maximum atomic E-state index is 12.4. The summed E-state index contributed by atoms with van der Waals surface area (Å²) in [5, 5.41) is 13.7. The summed E-state index contributed by atoms with van der Waals surface area (Å²) >= 11 is 5.76. The highest BCUT2D eigenvalue weighted by atomic mass is 35.5. The second-order valence-electron chi connectivity index (χ2n) is 5.23. The van der Waals surface area contributed by atoms with Crippen molar-refractivity contribution in [2.24, 2.45) is 0 Å². The molecule has 1 N–H and O–H groups in total. The molecule has 1 atom stereocenters. The molecule has 0 aliphatic heterocycles. The van der Waals surface area contributed by atoms with Crippen molar-refractivity contribution in [3.05, 3.63) is 62.7 Å². The summed E-state index contributed by atoms with van der Waals surface area (Å²) in [6.07, 6.45) is 0. The monoisotopic (exact) mass is 364 g/mol. The van der Waals surface area contributed by atoms with Gasteiger partial charge in [0.15, 0.2) is 11.5 Å². The third-order valence-electron chi connectivity index (χ3n) is 3.66. The Hall–Kier alpha value is -2.80. The van der Waals surface area contributed by atoms with E-state index in [4.69, 9.17) is 21.1 Å². The van der Waals surface area contributed by atoms with Crippen molar-refractivity contribution in [2.75, 3.05) is 14.2 Å². The first kappa shape index (κ1) is 18.5. The molecular formula is C17H17ClN2O5. The van der Waals surface area contributed by atoms with Gasteiger partial charge in [0.05, 0.1) is 25.2 Å². The normalized spacial score (nSPS) is 11.5. The van der Waals surface area contributed by atoms with Crippen LogP contribution in [0.2, 0.25) is 5.02 Å². The van der Waals surface area contributed by atoms with E-state index < -0.39 is 10.8 Å². The van der Waals surface area contributed by atoms with Crippen LogP contribution in [0.1, 0.15) is 28.9 Å². The third-order valence-corrected chi connectivity index (χ3v) is 3.98. The first-order chi connectivity index (χ1) is 11.9. The van der Waals surface area contributed by atoms with E-state index in [2.05, 4.69) is 5.32 Å². The van der Waals surface area contributed by atoms with Crippen LogP contribution in [0, 0.1) is 10.1 Å². The van der Waals surface area contributed by atoms with E-state index in [1.54, 1.807) is 25.1 Å². The molecule has 8 heteroatoms. The molecule has 132 valence electrons. The van der Waals surface area contributed by atoms with E-state index in [1.165, 1.54) is 26.4 Å². The number of carbonyl (C=O) groups excluding carboxylic acids is 1. The number of methoxy groups -OCH3 is 2. The molecule has 0 spiro atoms. The molecule has 0 saturated carbocycles. The number of hydrogen-bond donors (Lipinski definition) is 1. The average Bonchev–Trinajstić information content (AvgIpc) is 2.60. The number of halogens is 1. The lowest BCUT2D eigenvalue weighted by atomic mass is 10.1. The highest BCUT2D eigenvalue weighted by molar-refractivity contribution is 6.32. The summed E-state index contributed by atoms with van der Waals surface area (Å²) < 4.78 is 10.4. The standard InChI is InChI=1S/C17H17ClN2O5/c1-10(11-5-7-15(24-2)16(9-11)25-3)19-17(21)12-4-6-13(18)14(8-12)20(22)23/h4-10H,1-3H3,(H,19,21)/t10-/m0/s1. The van der Waals surface area contributed by atoms with Crippen molar-refractivity contribution in [2.45, 2.75) is 13.0 Å². The Morgan fingerprint density at radius 1 is 1.16 bits per heavy atom. The molecule has 7 nitrogen and oxygen atoms in total. The van der Waals surface area contributed by atoms with Gasteiger partial charge in [-0.3, -0.25) is 14.9 Å². The van der Waals surface area contributed by atoms with Gasteiger partial charge in [-0.1, -0.05) is 17.7 Å². The fourth-order valence-corrected chi connectivity index (χ4v) is 2.47. The minimum absolute atomic E-state index is 0.0190. The number of nitro benzene ring substituents is 1. The van der Waals surface area contributed by atoms with E-state index >= 15 is 0 Å². The summed E-state index contributed by atoms with van der Waals surface area (Å²) in [7, 11) is 3.06. The first-order valence-electron chi connectivity index (χ1n) is 7.34. The van der Waals surface area contributed by atoms with E-state index in [0.717, 1.165) is 11.6 Å². The van der Waals surface area contributed by atoms with Crippen LogP contribution < -0.4 is 14.8 Å². The number of rotatable bonds is 6. The van der Waals surface area contributed by atoms with E-state index in [9.17, 15) is 14.9 Å². The largest absolute Gasteiger partial charge is 0.493 e. The molecule has 0 radical (unpaired) electrons. The molecule has 2 aromatic rings. The van der Waals surface area contributed by atoms with Crippen molar-refractivity contribution < 1.29 is 19.2 Å². The summed E-state index contributed by atoms with van der Waals surface area (Å²) in [5.74, 6) is 0.684. The zero-order valence-electron chi connectivity index (χ0n) is 13.9. The molecule has 0 unspecified atom stereocenters. The minimum Gasteiger partial charge on any atom is -0.493 e. The van der Waals surface area contributed by atoms with Crippen LogP contribution in [0.25, 0.3) is 0 Å². The van der Waals surface area contributed by atoms with Crippen LogP contribution >= 0.6 is 11.6 Å². The topological polar surface area (TPSA) is 90.7 Å². The zero-order valence-corrected chi connectivity index (χ0v) is 14.7. The van der Waals surface area contributed by atoms with Crippen molar-refractivity contribution >= 4 is 23.2 Å². The van der Waals surface area contributed by atoms with Crippen molar-refractivity contribution in [1.29, 1.82) is 0 Å². The number of nitro groups is 1. The Morgan fingerprint density at radius 3 is 2.44 bits per heavy atom. The quantitative estimate of drug-likeness (QED) is 0.622. The van der Waals surface area contributed by atoms with Gasteiger partial charge in [0.25, 0.3) is 11.6 Å². The third kappa shape index (κ3) is 4.19. The second-order valence-corrected chi connectivity index (χ2v) is 5.64. The molecule has 1 amide bonds. The van der Waals surface area contributed by atoms with Gasteiger partial charge in [-0.15, -0.1) is 0 Å². The SMILES string of the molecule is COc1ccc([C@H](C)NC(=O)c2ccc(Cl)c([N+](=O)[O-])c2)cc1OC. The molecule has 0 bridgehead atoms. The molecule has 0 aromatic heterocycles. The number of hydrogen-bond acceptors (Lipinski definition) is 5. The molecule has 0 aliphatic rings. The van der Waals surface area contributed by atoms with E-state index in [0.29, 0.717) is 11.5 Å². The Labute approximate surface area is 149 Å². The fourth-order valence-electron chi connectivity index (χ4n) is 2.28. The van der Waals surface area contributed by atoms with Crippen molar-refractivity contribution in [1.82, 2.24) is 5.32 Å². The summed E-state index contributed by atoms with van der Waals surface area (Å²) in [4.78, 5) is 22.7. The van der Waals surface area contributed by atoms with Gasteiger partial charge < -0.3 is 14.8 Å². The predicted octanol–water partition coefficient (Wildman–Crippen LogP) is 3.76. The van der Waals surface area contributed by atoms with Gasteiger partial charge in [-0.05, 0) is 36.8 Å². The lowest BCUT2D eigenvalue weighted by Gasteiger charge is -2.16. The molecule has 0 fully saturated rings. The van der Waals surface area contributed by atoms with Crippen LogP contribution in [0.4, 0.5) is 5.69 Å². The molecule has 25 heavy (non-hydrogen) atoms. The molecule has 0 aliphatic carbocycles. The molecule has 2 rings (SSSR count). The predicted molar refractivity (Wildman–Crippen MR) is 93.5 cm³/mol. The number of nitrogens with zero attached hydrogens (tertiary/aromatic N) is 1. The second kappa shape index (κ2) is 7.85. The van der Waals surface area contributed by atoms with E-state index in [1.807, 2.05) is 0 Å². The number of nitrogens with one attached hydrogen (secondary N) is 1. The smallest absolute Gasteiger partial charge is 0.288 e. The van der Waals surface area contributed by atoms with Crippen LogP contribution in [-0.2, 0) is 0 Å². The summed E-state index contributed by atoms with van der Waals surface area (Å²) in [5.41, 5.74) is 0.644. The van der Waals surface area contributed by atoms with Crippen LogP contribution in [-0.4, -0.2) is 25.1 Å². The molecule has 2 aromatic carbocycles. The summed E-state index contributed by atoms with van der Waals surface area (Å²) in [6, 6.07) is 8.87. The van der Waals surface area contributed by atoms with Gasteiger partial charge in [0.1, 0.15) is 5.02 Å². The summed E-state index contributed by atoms with van der Waals surface area (Å²) in [6.45, 7) is 1.80. The Morgan fingerprint density at radius 2 is 1.84 bits per heavy atom. The van der Waals surface area contributed by atoms with Gasteiger partial charge in [-0.25, -0.2) is 0 Å². The number of ether oxygens (including phenoxy) is 2. The maximum absolute atomic E-state index is 12.4. The van der Waals surface area contributed by atoms with Gasteiger partial charge in [-0.2, -0.15) is 0 Å². The fraction of sp³-hybridized carbons (Fsp3) is 0.235. The molecule has 0 saturated heterocycles. The number of benzene rings is 2. The van der Waals surface area contributed by atoms with Gasteiger partial charge in [0, 0.05) is 11.6 Å². The molecular weight excluding hydrogens is 348 g/mol. The van der Waals surface area contributed by atoms with E-state index in [-0.39, 0.29) is 22.3 Å². The van der Waals surface area contributed by atoms with Crippen molar-refractivity contribution in [3.8, 4) is 11.5 Å². The Kier molecular flexibility index (Phi) is 5.82. The number of carbonyl (C=O) groups is 1. The highest BCUT2D eigenvalue weighted by Gasteiger charge is 2.18. The number of amides is 1. The van der Waals surface area contributed by atoms with Crippen LogP contribution in [0.3, 0.4) is 0 Å². The van der Waals surface area contributed by atoms with Crippen LogP contribution in [0.15, 0.2) is 36.4 Å². The highest BCUT2D eigenvalue weighted by Crippen LogP contribution is 2.30. The minimum atomic E-state index is -0.628. The van der Waals surface area contributed by atoms with Crippen LogP contribution in [0.5, 0.6) is 11.5 Å². The van der Waals surface area contributed by atoms with Crippen molar-refractivity contribution in [3.63, 3.8) is 0 Å². The zero-order chi connectivity index (χ0) is 18.6. The lowest BCUT2D eigenvalue weighted by molar-refractivity contribution is -0.384. The molecule has 0 heterocycles. The lowest BCUT2D eigenvalue weighted by Crippen LogP contribution is -2.26. The van der Waals surface area contributed by atoms with Gasteiger partial charge >= 0.3 is 0 Å². The Balaban J connectivity index is 2.20. The maximum Gasteiger partial charge on any atom is 0.288 e. The Bertz CT molecular complexity index is 810. The average molecular weight is 365 g/mol.